The van der Waals surface area contributed by atoms with E-state index in [0.717, 1.165) is 19.3 Å². The van der Waals surface area contributed by atoms with Gasteiger partial charge in [0.1, 0.15) is 0 Å². The highest BCUT2D eigenvalue weighted by Crippen LogP contribution is 2.32. The van der Waals surface area contributed by atoms with Gasteiger partial charge < -0.3 is 0 Å². The minimum Gasteiger partial charge on any atom is -0.103 e. The van der Waals surface area contributed by atoms with Crippen LogP contribution < -0.4 is 0 Å². The molecule has 3 heteroatoms. The maximum absolute atomic E-state index is 5.61. The molecule has 0 aromatic carbocycles. The lowest BCUT2D eigenvalue weighted by atomic mass is 10.1. The minimum atomic E-state index is -1.05. The summed E-state index contributed by atoms with van der Waals surface area (Å²) in [4.78, 5) is 0. The van der Waals surface area contributed by atoms with Crippen molar-refractivity contribution in [2.24, 2.45) is 0 Å². The van der Waals surface area contributed by atoms with Crippen LogP contribution in [0.15, 0.2) is 12.7 Å². The van der Waals surface area contributed by atoms with Gasteiger partial charge in [0.2, 0.25) is 0 Å². The number of unbranched alkanes of at least 4 members (excludes halogenated alkanes) is 5. The molecule has 0 aromatic heterocycles. The monoisotopic (exact) mass is 242 g/mol. The molecule has 0 rings (SSSR count). The maximum Gasteiger partial charge on any atom is 0.190 e. The number of halogens is 3. The first-order valence-electron chi connectivity index (χ1n) is 4.74. The number of hydrogen-bond donors (Lipinski definition) is 0. The van der Waals surface area contributed by atoms with Crippen LogP contribution in [0.5, 0.6) is 0 Å². The Bertz CT molecular complexity index is 127. The van der Waals surface area contributed by atoms with Gasteiger partial charge in [-0.2, -0.15) is 0 Å². The molecule has 0 heterocycles. The molecule has 0 aliphatic rings. The molecular formula is C10H17Cl3. The molecule has 0 bridgehead atoms. The molecule has 0 spiro atoms. The SMILES string of the molecule is C=CCCCCCCCC(Cl)(Cl)Cl. The summed E-state index contributed by atoms with van der Waals surface area (Å²) in [6.45, 7) is 3.67. The third-order valence-electron chi connectivity index (χ3n) is 1.87. The zero-order valence-corrected chi connectivity index (χ0v) is 10.1. The van der Waals surface area contributed by atoms with Gasteiger partial charge in [0.05, 0.1) is 0 Å². The number of hydrogen-bond acceptors (Lipinski definition) is 0. The highest BCUT2D eigenvalue weighted by Gasteiger charge is 2.17. The molecule has 0 atom stereocenters. The smallest absolute Gasteiger partial charge is 0.103 e. The second-order valence-corrected chi connectivity index (χ2v) is 5.73. The van der Waals surface area contributed by atoms with Crippen molar-refractivity contribution in [1.29, 1.82) is 0 Å². The molecule has 0 radical (unpaired) electrons. The van der Waals surface area contributed by atoms with E-state index in [2.05, 4.69) is 6.58 Å². The molecule has 0 unspecified atom stereocenters. The highest BCUT2D eigenvalue weighted by molar-refractivity contribution is 6.67. The second-order valence-electron chi connectivity index (χ2n) is 3.21. The Kier molecular flexibility index (Phi) is 8.34. The number of allylic oxidation sites excluding steroid dienone is 1. The fourth-order valence-corrected chi connectivity index (χ4v) is 1.55. The largest absolute Gasteiger partial charge is 0.190 e. The Morgan fingerprint density at radius 2 is 1.46 bits per heavy atom. The molecular weight excluding hydrogens is 226 g/mol. The van der Waals surface area contributed by atoms with Crippen LogP contribution in [0.4, 0.5) is 0 Å². The van der Waals surface area contributed by atoms with Gasteiger partial charge >= 0.3 is 0 Å². The molecule has 0 saturated carbocycles. The van der Waals surface area contributed by atoms with Gasteiger partial charge in [-0.25, -0.2) is 0 Å². The van der Waals surface area contributed by atoms with Gasteiger partial charge in [-0.15, -0.1) is 6.58 Å². The van der Waals surface area contributed by atoms with Crippen LogP contribution in [0.2, 0.25) is 0 Å². The van der Waals surface area contributed by atoms with Gasteiger partial charge in [0, 0.05) is 0 Å². The molecule has 0 aliphatic heterocycles. The van der Waals surface area contributed by atoms with Crippen molar-refractivity contribution in [3.63, 3.8) is 0 Å². The predicted octanol–water partition coefficient (Wildman–Crippen LogP) is 5.27. The molecule has 78 valence electrons. The van der Waals surface area contributed by atoms with Crippen LogP contribution in [-0.2, 0) is 0 Å². The normalized spacial score (nSPS) is 11.6. The summed E-state index contributed by atoms with van der Waals surface area (Å²) in [5.74, 6) is 0. The van der Waals surface area contributed by atoms with E-state index < -0.39 is 3.79 Å². The predicted molar refractivity (Wildman–Crippen MR) is 62.8 cm³/mol. The Morgan fingerprint density at radius 3 is 2.00 bits per heavy atom. The van der Waals surface area contributed by atoms with E-state index in [-0.39, 0.29) is 0 Å². The van der Waals surface area contributed by atoms with Crippen molar-refractivity contribution in [3.8, 4) is 0 Å². The molecule has 0 nitrogen and oxygen atoms in total. The van der Waals surface area contributed by atoms with Gasteiger partial charge in [-0.1, -0.05) is 60.1 Å². The molecule has 0 N–H and O–H groups in total. The summed E-state index contributed by atoms with van der Waals surface area (Å²) in [7, 11) is 0. The van der Waals surface area contributed by atoms with E-state index in [9.17, 15) is 0 Å². The van der Waals surface area contributed by atoms with E-state index in [0.29, 0.717) is 6.42 Å². The lowest BCUT2D eigenvalue weighted by Gasteiger charge is -2.09. The van der Waals surface area contributed by atoms with Crippen molar-refractivity contribution in [3.05, 3.63) is 12.7 Å². The Morgan fingerprint density at radius 1 is 0.923 bits per heavy atom. The van der Waals surface area contributed by atoms with Crippen LogP contribution in [0.1, 0.15) is 44.9 Å². The van der Waals surface area contributed by atoms with Crippen LogP contribution in [-0.4, -0.2) is 3.79 Å². The second kappa shape index (κ2) is 7.96. The van der Waals surface area contributed by atoms with E-state index in [1.54, 1.807) is 0 Å². The van der Waals surface area contributed by atoms with Gasteiger partial charge in [0.25, 0.3) is 0 Å². The first-order chi connectivity index (χ1) is 6.06. The highest BCUT2D eigenvalue weighted by atomic mass is 35.6. The van der Waals surface area contributed by atoms with E-state index in [4.69, 9.17) is 34.8 Å². The van der Waals surface area contributed by atoms with Crippen molar-refractivity contribution in [1.82, 2.24) is 0 Å². The molecule has 0 aliphatic carbocycles. The van der Waals surface area contributed by atoms with Crippen molar-refractivity contribution in [2.45, 2.75) is 48.7 Å². The summed E-state index contributed by atoms with van der Waals surface area (Å²) in [5.41, 5.74) is 0. The van der Waals surface area contributed by atoms with E-state index >= 15 is 0 Å². The summed E-state index contributed by atoms with van der Waals surface area (Å²) in [6, 6.07) is 0. The van der Waals surface area contributed by atoms with Crippen molar-refractivity contribution in [2.75, 3.05) is 0 Å². The summed E-state index contributed by atoms with van der Waals surface area (Å²) < 4.78 is -1.05. The maximum atomic E-state index is 5.61. The van der Waals surface area contributed by atoms with Crippen LogP contribution in [0, 0.1) is 0 Å². The molecule has 0 aromatic rings. The van der Waals surface area contributed by atoms with Gasteiger partial charge in [-0.3, -0.25) is 0 Å². The van der Waals surface area contributed by atoms with Gasteiger partial charge in [-0.05, 0) is 25.7 Å². The molecule has 0 saturated heterocycles. The first kappa shape index (κ1) is 13.6. The molecule has 0 fully saturated rings. The van der Waals surface area contributed by atoms with Crippen molar-refractivity contribution >= 4 is 34.8 Å². The average Bonchev–Trinajstić information content (AvgIpc) is 2.01. The minimum absolute atomic E-state index is 0.666. The fourth-order valence-electron chi connectivity index (χ4n) is 1.14. The quantitative estimate of drug-likeness (QED) is 0.324. The Labute approximate surface area is 96.2 Å². The topological polar surface area (TPSA) is 0 Å². The number of rotatable bonds is 7. The molecule has 0 amide bonds. The third kappa shape index (κ3) is 12.6. The standard InChI is InChI=1S/C10H17Cl3/c1-2-3-4-5-6-7-8-9-10(11,12)13/h2H,1,3-9H2. The van der Waals surface area contributed by atoms with Crippen LogP contribution in [0.3, 0.4) is 0 Å². The first-order valence-corrected chi connectivity index (χ1v) is 5.87. The van der Waals surface area contributed by atoms with Crippen molar-refractivity contribution < 1.29 is 0 Å². The fraction of sp³-hybridized carbons (Fsp3) is 0.800. The van der Waals surface area contributed by atoms with E-state index in [1.807, 2.05) is 6.08 Å². The zero-order chi connectivity index (χ0) is 10.2. The summed E-state index contributed by atoms with van der Waals surface area (Å²) >= 11 is 16.8. The van der Waals surface area contributed by atoms with E-state index in [1.165, 1.54) is 19.3 Å². The zero-order valence-electron chi connectivity index (χ0n) is 7.87. The Hall–Kier alpha value is 0.610. The Balaban J connectivity index is 3.04. The van der Waals surface area contributed by atoms with Gasteiger partial charge in [0.15, 0.2) is 3.79 Å². The average molecular weight is 244 g/mol. The summed E-state index contributed by atoms with van der Waals surface area (Å²) in [5, 5.41) is 0. The van der Waals surface area contributed by atoms with Crippen LogP contribution in [0.25, 0.3) is 0 Å². The molecule has 13 heavy (non-hydrogen) atoms. The lowest BCUT2D eigenvalue weighted by Crippen LogP contribution is -2.00. The number of alkyl halides is 3. The third-order valence-corrected chi connectivity index (χ3v) is 2.44. The summed E-state index contributed by atoms with van der Waals surface area (Å²) in [6.07, 6.45) is 9.62. The lowest BCUT2D eigenvalue weighted by molar-refractivity contribution is 0.601. The van der Waals surface area contributed by atoms with Crippen LogP contribution >= 0.6 is 34.8 Å².